The van der Waals surface area contributed by atoms with Gasteiger partial charge in [0.15, 0.2) is 0 Å². The lowest BCUT2D eigenvalue weighted by molar-refractivity contribution is 0.318. The molecule has 0 heterocycles. The number of ether oxygens (including phenoxy) is 2. The summed E-state index contributed by atoms with van der Waals surface area (Å²) in [4.78, 5) is 0. The first kappa shape index (κ1) is 17.0. The van der Waals surface area contributed by atoms with Crippen LogP contribution in [0, 0.1) is 0 Å². The van der Waals surface area contributed by atoms with Crippen molar-refractivity contribution in [3.8, 4) is 17.2 Å². The predicted octanol–water partition coefficient (Wildman–Crippen LogP) is 4.09. The number of nitrogens with two attached hydrogens (primary N) is 1. The standard InChI is InChI=1S/C16H16FNO2.ClH/c17-13(10-11-18)12-19-14-6-8-16(9-7-14)20-15-4-2-1-3-5-15;/h1-10H,11-12,18H2;1H/b13-10+;. The summed E-state index contributed by atoms with van der Waals surface area (Å²) in [5.41, 5.74) is 5.20. The van der Waals surface area contributed by atoms with Gasteiger partial charge < -0.3 is 15.2 Å². The molecular weight excluding hydrogens is 293 g/mol. The van der Waals surface area contributed by atoms with Crippen molar-refractivity contribution in [2.24, 2.45) is 5.73 Å². The number of rotatable bonds is 6. The van der Waals surface area contributed by atoms with E-state index in [1.54, 1.807) is 24.3 Å². The quantitative estimate of drug-likeness (QED) is 0.874. The van der Waals surface area contributed by atoms with Gasteiger partial charge in [-0.2, -0.15) is 0 Å². The lowest BCUT2D eigenvalue weighted by Crippen LogP contribution is -2.01. The van der Waals surface area contributed by atoms with Crippen LogP contribution in [-0.2, 0) is 0 Å². The van der Waals surface area contributed by atoms with Crippen molar-refractivity contribution < 1.29 is 13.9 Å². The highest BCUT2D eigenvalue weighted by Crippen LogP contribution is 2.23. The fraction of sp³-hybridized carbons (Fsp3) is 0.125. The molecule has 0 unspecified atom stereocenters. The third-order valence-electron chi connectivity index (χ3n) is 2.52. The van der Waals surface area contributed by atoms with Gasteiger partial charge in [-0.15, -0.1) is 12.4 Å². The second-order valence-electron chi connectivity index (χ2n) is 4.06. The zero-order chi connectivity index (χ0) is 14.2. The number of para-hydroxylation sites is 1. The highest BCUT2D eigenvalue weighted by atomic mass is 35.5. The van der Waals surface area contributed by atoms with Crippen LogP contribution in [0.4, 0.5) is 4.39 Å². The Labute approximate surface area is 129 Å². The maximum atomic E-state index is 13.1. The normalized spacial score (nSPS) is 10.7. The van der Waals surface area contributed by atoms with Crippen molar-refractivity contribution in [3.05, 3.63) is 66.5 Å². The van der Waals surface area contributed by atoms with Crippen LogP contribution in [0.2, 0.25) is 0 Å². The Bertz CT molecular complexity index is 558. The molecule has 0 saturated carbocycles. The number of halogens is 2. The van der Waals surface area contributed by atoms with Crippen LogP contribution in [0.25, 0.3) is 0 Å². The summed E-state index contributed by atoms with van der Waals surface area (Å²) in [5, 5.41) is 0. The zero-order valence-corrected chi connectivity index (χ0v) is 12.2. The topological polar surface area (TPSA) is 44.5 Å². The molecule has 3 nitrogen and oxygen atoms in total. The van der Waals surface area contributed by atoms with Gasteiger partial charge in [0.1, 0.15) is 29.7 Å². The third-order valence-corrected chi connectivity index (χ3v) is 2.52. The number of benzene rings is 2. The highest BCUT2D eigenvalue weighted by Gasteiger charge is 2.00. The predicted molar refractivity (Wildman–Crippen MR) is 83.9 cm³/mol. The van der Waals surface area contributed by atoms with Crippen LogP contribution >= 0.6 is 12.4 Å². The van der Waals surface area contributed by atoms with Gasteiger partial charge in [0.05, 0.1) is 0 Å². The maximum absolute atomic E-state index is 13.1. The van der Waals surface area contributed by atoms with Gasteiger partial charge in [0.25, 0.3) is 0 Å². The molecule has 0 aliphatic carbocycles. The third kappa shape index (κ3) is 5.85. The zero-order valence-electron chi connectivity index (χ0n) is 11.4. The Morgan fingerprint density at radius 3 is 2.14 bits per heavy atom. The summed E-state index contributed by atoms with van der Waals surface area (Å²) in [7, 11) is 0. The van der Waals surface area contributed by atoms with Crippen LogP contribution in [0.5, 0.6) is 17.2 Å². The van der Waals surface area contributed by atoms with Crippen LogP contribution in [0.3, 0.4) is 0 Å². The van der Waals surface area contributed by atoms with Crippen molar-refractivity contribution in [2.45, 2.75) is 0 Å². The molecule has 2 aromatic rings. The summed E-state index contributed by atoms with van der Waals surface area (Å²) >= 11 is 0. The van der Waals surface area contributed by atoms with E-state index in [9.17, 15) is 4.39 Å². The fourth-order valence-electron chi connectivity index (χ4n) is 1.57. The molecule has 0 aromatic heterocycles. The Kier molecular flexibility index (Phi) is 7.29. The monoisotopic (exact) mass is 309 g/mol. The minimum absolute atomic E-state index is 0. The van der Waals surface area contributed by atoms with E-state index in [1.807, 2.05) is 30.3 Å². The van der Waals surface area contributed by atoms with Gasteiger partial charge in [0.2, 0.25) is 0 Å². The van der Waals surface area contributed by atoms with Crippen molar-refractivity contribution >= 4 is 12.4 Å². The second kappa shape index (κ2) is 9.00. The van der Waals surface area contributed by atoms with Gasteiger partial charge in [-0.3, -0.25) is 0 Å². The Balaban J connectivity index is 0.00000220. The molecule has 21 heavy (non-hydrogen) atoms. The van der Waals surface area contributed by atoms with Crippen LogP contribution in [0.15, 0.2) is 66.5 Å². The van der Waals surface area contributed by atoms with E-state index in [4.69, 9.17) is 15.2 Å². The molecule has 2 rings (SSSR count). The lowest BCUT2D eigenvalue weighted by atomic mass is 10.3. The fourth-order valence-corrected chi connectivity index (χ4v) is 1.57. The summed E-state index contributed by atoms with van der Waals surface area (Å²) in [6.07, 6.45) is 1.28. The summed E-state index contributed by atoms with van der Waals surface area (Å²) < 4.78 is 24.0. The van der Waals surface area contributed by atoms with Gasteiger partial charge in [-0.25, -0.2) is 4.39 Å². The van der Waals surface area contributed by atoms with E-state index in [-0.39, 0.29) is 31.4 Å². The molecule has 0 radical (unpaired) electrons. The Morgan fingerprint density at radius 1 is 0.952 bits per heavy atom. The van der Waals surface area contributed by atoms with Crippen molar-refractivity contribution in [1.29, 1.82) is 0 Å². The molecule has 0 atom stereocenters. The van der Waals surface area contributed by atoms with Crippen LogP contribution in [-0.4, -0.2) is 13.2 Å². The molecule has 0 spiro atoms. The van der Waals surface area contributed by atoms with Gasteiger partial charge >= 0.3 is 0 Å². The molecule has 0 aliphatic heterocycles. The second-order valence-corrected chi connectivity index (χ2v) is 4.06. The molecule has 112 valence electrons. The van der Waals surface area contributed by atoms with Gasteiger partial charge in [0, 0.05) is 6.54 Å². The summed E-state index contributed by atoms with van der Waals surface area (Å²) in [6.45, 7) is 0.0507. The van der Waals surface area contributed by atoms with Crippen LogP contribution < -0.4 is 15.2 Å². The largest absolute Gasteiger partial charge is 0.487 e. The molecule has 0 amide bonds. The maximum Gasteiger partial charge on any atom is 0.139 e. The number of hydrogen-bond donors (Lipinski definition) is 1. The van der Waals surface area contributed by atoms with E-state index < -0.39 is 0 Å². The van der Waals surface area contributed by atoms with Gasteiger partial charge in [-0.1, -0.05) is 18.2 Å². The minimum Gasteiger partial charge on any atom is -0.487 e. The molecule has 0 saturated heterocycles. The Morgan fingerprint density at radius 2 is 1.52 bits per heavy atom. The lowest BCUT2D eigenvalue weighted by Gasteiger charge is -2.07. The molecule has 0 bridgehead atoms. The first-order valence-corrected chi connectivity index (χ1v) is 6.28. The SMILES string of the molecule is Cl.NC/C=C(/F)COc1ccc(Oc2ccccc2)cc1. The summed E-state index contributed by atoms with van der Waals surface area (Å²) in [5.74, 6) is 1.66. The van der Waals surface area contributed by atoms with Crippen molar-refractivity contribution in [3.63, 3.8) is 0 Å². The van der Waals surface area contributed by atoms with Crippen molar-refractivity contribution in [2.75, 3.05) is 13.2 Å². The molecular formula is C16H17ClFNO2. The highest BCUT2D eigenvalue weighted by molar-refractivity contribution is 5.85. The van der Waals surface area contributed by atoms with Crippen molar-refractivity contribution in [1.82, 2.24) is 0 Å². The molecule has 5 heteroatoms. The summed E-state index contributed by atoms with van der Waals surface area (Å²) in [6, 6.07) is 16.5. The van der Waals surface area contributed by atoms with Gasteiger partial charge in [-0.05, 0) is 42.5 Å². The van der Waals surface area contributed by atoms with E-state index in [1.165, 1.54) is 6.08 Å². The smallest absolute Gasteiger partial charge is 0.139 e. The Hall–Kier alpha value is -2.04. The average molecular weight is 310 g/mol. The van der Waals surface area contributed by atoms with E-state index in [2.05, 4.69) is 0 Å². The van der Waals surface area contributed by atoms with E-state index in [0.29, 0.717) is 11.5 Å². The molecule has 0 fully saturated rings. The average Bonchev–Trinajstić information content (AvgIpc) is 2.48. The van der Waals surface area contributed by atoms with Crippen LogP contribution in [0.1, 0.15) is 0 Å². The first-order valence-electron chi connectivity index (χ1n) is 6.28. The molecule has 2 aromatic carbocycles. The van der Waals surface area contributed by atoms with E-state index >= 15 is 0 Å². The minimum atomic E-state index is -0.378. The number of hydrogen-bond acceptors (Lipinski definition) is 3. The van der Waals surface area contributed by atoms with E-state index in [0.717, 1.165) is 5.75 Å². The molecule has 0 aliphatic rings. The molecule has 2 N–H and O–H groups in total. The first-order chi connectivity index (χ1) is 9.78.